The number of amides is 1. The molecule has 0 saturated heterocycles. The lowest BCUT2D eigenvalue weighted by molar-refractivity contribution is 0.103. The van der Waals surface area contributed by atoms with Gasteiger partial charge in [-0.1, -0.05) is 6.07 Å². The van der Waals surface area contributed by atoms with Crippen LogP contribution in [0.3, 0.4) is 0 Å². The first-order chi connectivity index (χ1) is 9.65. The molecule has 102 valence electrons. The number of aromatic amines is 1. The minimum absolute atomic E-state index is 0.144. The third-order valence-corrected chi connectivity index (χ3v) is 3.77. The zero-order valence-electron chi connectivity index (χ0n) is 11.1. The molecule has 0 atom stereocenters. The molecule has 2 N–H and O–H groups in total. The maximum absolute atomic E-state index is 12.1. The van der Waals surface area contributed by atoms with Crippen molar-refractivity contribution in [1.82, 2.24) is 10.2 Å². The second kappa shape index (κ2) is 4.97. The van der Waals surface area contributed by atoms with E-state index in [0.717, 1.165) is 11.5 Å². The number of nitrogens with one attached hydrogen (secondary N) is 2. The Balaban J connectivity index is 1.94. The Morgan fingerprint density at radius 1 is 1.35 bits per heavy atom. The molecule has 0 unspecified atom stereocenters. The SMILES string of the molecule is Cc1ccc(-c2n[nH]c(C)c2NC(=O)c2cccs2)o1. The molecule has 0 saturated carbocycles. The fraction of sp³-hybridized carbons (Fsp3) is 0.143. The topological polar surface area (TPSA) is 70.9 Å². The highest BCUT2D eigenvalue weighted by atomic mass is 32.1. The first-order valence-electron chi connectivity index (χ1n) is 6.12. The molecule has 0 fully saturated rings. The van der Waals surface area contributed by atoms with Gasteiger partial charge in [-0.25, -0.2) is 0 Å². The van der Waals surface area contributed by atoms with E-state index in [1.54, 1.807) is 6.07 Å². The molecule has 5 nitrogen and oxygen atoms in total. The van der Waals surface area contributed by atoms with Crippen LogP contribution in [0, 0.1) is 13.8 Å². The second-order valence-corrected chi connectivity index (χ2v) is 5.36. The van der Waals surface area contributed by atoms with Gasteiger partial charge in [-0.3, -0.25) is 9.89 Å². The highest BCUT2D eigenvalue weighted by Crippen LogP contribution is 2.30. The number of aromatic nitrogens is 2. The van der Waals surface area contributed by atoms with Gasteiger partial charge >= 0.3 is 0 Å². The highest BCUT2D eigenvalue weighted by Gasteiger charge is 2.18. The lowest BCUT2D eigenvalue weighted by Crippen LogP contribution is -2.11. The fourth-order valence-corrected chi connectivity index (χ4v) is 2.52. The van der Waals surface area contributed by atoms with Crippen LogP contribution in [0.1, 0.15) is 21.1 Å². The number of hydrogen-bond acceptors (Lipinski definition) is 4. The van der Waals surface area contributed by atoms with E-state index < -0.39 is 0 Å². The van der Waals surface area contributed by atoms with E-state index in [1.165, 1.54) is 11.3 Å². The van der Waals surface area contributed by atoms with Crippen molar-refractivity contribution in [1.29, 1.82) is 0 Å². The van der Waals surface area contributed by atoms with Crippen molar-refractivity contribution in [3.05, 3.63) is 46.0 Å². The Kier molecular flexibility index (Phi) is 3.15. The molecule has 0 spiro atoms. The monoisotopic (exact) mass is 287 g/mol. The lowest BCUT2D eigenvalue weighted by Gasteiger charge is -2.04. The van der Waals surface area contributed by atoms with E-state index in [0.29, 0.717) is 22.0 Å². The molecule has 0 aliphatic carbocycles. The summed E-state index contributed by atoms with van der Waals surface area (Å²) in [6, 6.07) is 7.33. The summed E-state index contributed by atoms with van der Waals surface area (Å²) in [7, 11) is 0. The van der Waals surface area contributed by atoms with Crippen molar-refractivity contribution in [3.63, 3.8) is 0 Å². The summed E-state index contributed by atoms with van der Waals surface area (Å²) in [5.41, 5.74) is 2.05. The zero-order chi connectivity index (χ0) is 14.1. The number of carbonyl (C=O) groups is 1. The third kappa shape index (κ3) is 2.25. The number of nitrogens with zero attached hydrogens (tertiary/aromatic N) is 1. The van der Waals surface area contributed by atoms with Gasteiger partial charge in [0.2, 0.25) is 0 Å². The van der Waals surface area contributed by atoms with Gasteiger partial charge in [0, 0.05) is 0 Å². The first kappa shape index (κ1) is 12.7. The maximum atomic E-state index is 12.1. The molecular weight excluding hydrogens is 274 g/mol. The summed E-state index contributed by atoms with van der Waals surface area (Å²) in [6.07, 6.45) is 0. The molecule has 1 amide bonds. The van der Waals surface area contributed by atoms with Crippen LogP contribution < -0.4 is 5.32 Å². The summed E-state index contributed by atoms with van der Waals surface area (Å²) >= 11 is 1.40. The van der Waals surface area contributed by atoms with E-state index >= 15 is 0 Å². The van der Waals surface area contributed by atoms with Crippen molar-refractivity contribution in [3.8, 4) is 11.5 Å². The maximum Gasteiger partial charge on any atom is 0.265 e. The smallest absolute Gasteiger partial charge is 0.265 e. The fourth-order valence-electron chi connectivity index (χ4n) is 1.91. The molecular formula is C14H13N3O2S. The lowest BCUT2D eigenvalue weighted by atomic mass is 10.2. The van der Waals surface area contributed by atoms with E-state index in [-0.39, 0.29) is 5.91 Å². The zero-order valence-corrected chi connectivity index (χ0v) is 11.9. The van der Waals surface area contributed by atoms with E-state index in [1.807, 2.05) is 37.4 Å². The highest BCUT2D eigenvalue weighted by molar-refractivity contribution is 7.12. The van der Waals surface area contributed by atoms with Crippen LogP contribution in [0.15, 0.2) is 34.1 Å². The number of hydrogen-bond donors (Lipinski definition) is 2. The van der Waals surface area contributed by atoms with Crippen molar-refractivity contribution in [2.24, 2.45) is 0 Å². The molecule has 3 aromatic rings. The average Bonchev–Trinajstić information content (AvgIpc) is 3.12. The van der Waals surface area contributed by atoms with Crippen molar-refractivity contribution in [2.75, 3.05) is 5.32 Å². The molecule has 0 radical (unpaired) electrons. The number of furan rings is 1. The summed E-state index contributed by atoms with van der Waals surface area (Å²) in [4.78, 5) is 12.8. The number of aryl methyl sites for hydroxylation is 2. The van der Waals surface area contributed by atoms with Crippen LogP contribution in [0.5, 0.6) is 0 Å². The van der Waals surface area contributed by atoms with E-state index in [2.05, 4.69) is 15.5 Å². The number of rotatable bonds is 3. The molecule has 3 aromatic heterocycles. The largest absolute Gasteiger partial charge is 0.460 e. The van der Waals surface area contributed by atoms with E-state index in [4.69, 9.17) is 4.42 Å². The van der Waals surface area contributed by atoms with Crippen LogP contribution in [-0.4, -0.2) is 16.1 Å². The minimum Gasteiger partial charge on any atom is -0.460 e. The molecule has 0 aromatic carbocycles. The van der Waals surface area contributed by atoms with Crippen LogP contribution >= 0.6 is 11.3 Å². The molecule has 3 rings (SSSR count). The van der Waals surface area contributed by atoms with Gasteiger partial charge in [0.05, 0.1) is 16.3 Å². The predicted octanol–water partition coefficient (Wildman–Crippen LogP) is 3.60. The van der Waals surface area contributed by atoms with Gasteiger partial charge in [0.15, 0.2) is 11.5 Å². The summed E-state index contributed by atoms with van der Waals surface area (Å²) < 4.78 is 5.56. The van der Waals surface area contributed by atoms with Gasteiger partial charge in [-0.05, 0) is 37.4 Å². The van der Waals surface area contributed by atoms with E-state index in [9.17, 15) is 4.79 Å². The Bertz CT molecular complexity index is 740. The Morgan fingerprint density at radius 3 is 2.85 bits per heavy atom. The standard InChI is InChI=1S/C14H13N3O2S/c1-8-5-6-10(19-8)13-12(9(2)16-17-13)15-14(18)11-4-3-7-20-11/h3-7H,1-2H3,(H,15,18)(H,16,17). The molecule has 6 heteroatoms. The van der Waals surface area contributed by atoms with Crippen LogP contribution in [0.25, 0.3) is 11.5 Å². The quantitative estimate of drug-likeness (QED) is 0.773. The first-order valence-corrected chi connectivity index (χ1v) is 7.00. The summed E-state index contributed by atoms with van der Waals surface area (Å²) in [6.45, 7) is 3.73. The van der Waals surface area contributed by atoms with Gasteiger partial charge in [0.25, 0.3) is 5.91 Å². The summed E-state index contributed by atoms with van der Waals surface area (Å²) in [5.74, 6) is 1.29. The predicted molar refractivity (Wildman–Crippen MR) is 78.0 cm³/mol. The average molecular weight is 287 g/mol. The number of thiophene rings is 1. The number of anilines is 1. The number of carbonyl (C=O) groups excluding carboxylic acids is 1. The molecule has 0 aliphatic heterocycles. The Labute approximate surface area is 119 Å². The Hall–Kier alpha value is -2.34. The summed E-state index contributed by atoms with van der Waals surface area (Å²) in [5, 5.41) is 11.8. The number of H-pyrrole nitrogens is 1. The van der Waals surface area contributed by atoms with Crippen molar-refractivity contribution >= 4 is 22.9 Å². The second-order valence-electron chi connectivity index (χ2n) is 4.41. The van der Waals surface area contributed by atoms with Gasteiger partial charge in [-0.2, -0.15) is 5.10 Å². The molecule has 3 heterocycles. The minimum atomic E-state index is -0.144. The van der Waals surface area contributed by atoms with Crippen LogP contribution in [-0.2, 0) is 0 Å². The van der Waals surface area contributed by atoms with Crippen molar-refractivity contribution < 1.29 is 9.21 Å². The van der Waals surface area contributed by atoms with Gasteiger partial charge in [0.1, 0.15) is 5.76 Å². The van der Waals surface area contributed by atoms with Gasteiger partial charge in [-0.15, -0.1) is 11.3 Å². The van der Waals surface area contributed by atoms with Crippen LogP contribution in [0.4, 0.5) is 5.69 Å². The van der Waals surface area contributed by atoms with Crippen LogP contribution in [0.2, 0.25) is 0 Å². The Morgan fingerprint density at radius 2 is 2.20 bits per heavy atom. The normalized spacial score (nSPS) is 10.7. The van der Waals surface area contributed by atoms with Gasteiger partial charge < -0.3 is 9.73 Å². The molecule has 20 heavy (non-hydrogen) atoms. The third-order valence-electron chi connectivity index (χ3n) is 2.90. The molecule has 0 bridgehead atoms. The molecule has 0 aliphatic rings. The van der Waals surface area contributed by atoms with Crippen molar-refractivity contribution in [2.45, 2.75) is 13.8 Å².